The predicted octanol–water partition coefficient (Wildman–Crippen LogP) is 6.04. The van der Waals surface area contributed by atoms with E-state index in [1.165, 1.54) is 23.5 Å². The fourth-order valence-corrected chi connectivity index (χ4v) is 5.55. The molecule has 0 heterocycles. The van der Waals surface area contributed by atoms with Crippen LogP contribution in [0.2, 0.25) is 0 Å². The first-order chi connectivity index (χ1) is 17.4. The van der Waals surface area contributed by atoms with Crippen molar-refractivity contribution in [3.05, 3.63) is 90.0 Å². The van der Waals surface area contributed by atoms with Crippen LogP contribution in [0.15, 0.2) is 83.8 Å². The lowest BCUT2D eigenvalue weighted by Crippen LogP contribution is -2.34. The van der Waals surface area contributed by atoms with Crippen LogP contribution in [0, 0.1) is 5.92 Å². The Morgan fingerprint density at radius 3 is 2.25 bits per heavy atom. The Morgan fingerprint density at radius 2 is 1.61 bits per heavy atom. The van der Waals surface area contributed by atoms with Crippen molar-refractivity contribution in [2.45, 2.75) is 51.0 Å². The van der Waals surface area contributed by atoms with E-state index in [1.54, 1.807) is 36.4 Å². The lowest BCUT2D eigenvalue weighted by Gasteiger charge is -2.27. The van der Waals surface area contributed by atoms with Gasteiger partial charge >= 0.3 is 0 Å². The highest BCUT2D eigenvalue weighted by molar-refractivity contribution is 7.92. The molecule has 0 bridgehead atoms. The van der Waals surface area contributed by atoms with E-state index in [2.05, 4.69) is 19.2 Å². The lowest BCUT2D eigenvalue weighted by atomic mass is 9.99. The van der Waals surface area contributed by atoms with Crippen LogP contribution in [0.5, 0.6) is 5.75 Å². The molecule has 0 aliphatic heterocycles. The molecule has 192 valence electrons. The number of rotatable bonds is 13. The molecule has 0 aromatic heterocycles. The van der Waals surface area contributed by atoms with Gasteiger partial charge in [0.25, 0.3) is 15.9 Å². The average molecular weight is 509 g/mol. The topological polar surface area (TPSA) is 75.7 Å². The third-order valence-corrected chi connectivity index (χ3v) is 8.10. The molecule has 3 aromatic carbocycles. The number of amides is 1. The van der Waals surface area contributed by atoms with Crippen molar-refractivity contribution in [1.29, 1.82) is 0 Å². The first kappa shape index (κ1) is 27.3. The van der Waals surface area contributed by atoms with Gasteiger partial charge in [-0.3, -0.25) is 9.10 Å². The zero-order valence-corrected chi connectivity index (χ0v) is 22.1. The minimum absolute atomic E-state index is 0.0909. The summed E-state index contributed by atoms with van der Waals surface area (Å²) in [5.74, 6) is 0.685. The van der Waals surface area contributed by atoms with Crippen LogP contribution in [0.3, 0.4) is 0 Å². The van der Waals surface area contributed by atoms with Gasteiger partial charge in [-0.1, -0.05) is 75.6 Å². The number of hydrogen-bond acceptors (Lipinski definition) is 4. The van der Waals surface area contributed by atoms with Gasteiger partial charge in [-0.25, -0.2) is 8.42 Å². The van der Waals surface area contributed by atoms with Crippen LogP contribution in [-0.2, 0) is 16.6 Å². The molecule has 0 saturated heterocycles. The summed E-state index contributed by atoms with van der Waals surface area (Å²) in [6, 6.07) is 22.5. The van der Waals surface area contributed by atoms with E-state index in [1.807, 2.05) is 30.3 Å². The normalized spacial score (nSPS) is 12.1. The molecule has 0 fully saturated rings. The predicted molar refractivity (Wildman–Crippen MR) is 145 cm³/mol. The molecule has 0 aliphatic carbocycles. The monoisotopic (exact) mass is 508 g/mol. The van der Waals surface area contributed by atoms with Crippen LogP contribution in [0.25, 0.3) is 0 Å². The molecule has 3 rings (SSSR count). The maximum absolute atomic E-state index is 13.9. The molecule has 36 heavy (non-hydrogen) atoms. The van der Waals surface area contributed by atoms with E-state index in [9.17, 15) is 13.2 Å². The van der Waals surface area contributed by atoms with Gasteiger partial charge in [0, 0.05) is 6.54 Å². The summed E-state index contributed by atoms with van der Waals surface area (Å²) in [7, 11) is -2.45. The number of carbonyl (C=O) groups excluding carboxylic acids is 1. The Hall–Kier alpha value is -3.32. The summed E-state index contributed by atoms with van der Waals surface area (Å²) < 4.78 is 34.3. The second kappa shape index (κ2) is 13.1. The molecule has 1 N–H and O–H groups in total. The molecular weight excluding hydrogens is 472 g/mol. The molecule has 1 atom stereocenters. The number of anilines is 1. The van der Waals surface area contributed by atoms with E-state index in [0.29, 0.717) is 29.5 Å². The fourth-order valence-electron chi connectivity index (χ4n) is 4.08. The highest BCUT2D eigenvalue weighted by Crippen LogP contribution is 2.30. The van der Waals surface area contributed by atoms with Gasteiger partial charge < -0.3 is 10.1 Å². The molecule has 0 unspecified atom stereocenters. The van der Waals surface area contributed by atoms with Crippen LogP contribution in [-0.4, -0.2) is 28.0 Å². The maximum atomic E-state index is 13.9. The summed E-state index contributed by atoms with van der Waals surface area (Å²) in [5.41, 5.74) is 1.49. The van der Waals surface area contributed by atoms with Crippen LogP contribution in [0.1, 0.15) is 55.5 Å². The third-order valence-electron chi connectivity index (χ3n) is 6.33. The molecule has 0 aliphatic rings. The maximum Gasteiger partial charge on any atom is 0.264 e. The largest absolute Gasteiger partial charge is 0.497 e. The Bertz CT molecular complexity index is 1210. The zero-order chi connectivity index (χ0) is 26.0. The van der Waals surface area contributed by atoms with Crippen molar-refractivity contribution in [3.63, 3.8) is 0 Å². The van der Waals surface area contributed by atoms with Gasteiger partial charge in [0.2, 0.25) is 0 Å². The number of carbonyl (C=O) groups is 1. The molecule has 1 amide bonds. The molecule has 3 aromatic rings. The Morgan fingerprint density at radius 1 is 0.944 bits per heavy atom. The highest BCUT2D eigenvalue weighted by Gasteiger charge is 2.29. The van der Waals surface area contributed by atoms with Gasteiger partial charge in [0.1, 0.15) is 5.75 Å². The standard InChI is InChI=1S/C29H36N2O4S/c1-4-6-12-23(5-2)21-30-29(32)27-15-10-11-16-28(27)31(22-24-13-8-7-9-14-24)36(33,34)26-19-17-25(35-3)18-20-26/h7-11,13-20,23H,4-6,12,21-22H2,1-3H3,(H,30,32)/t23-/m1/s1. The van der Waals surface area contributed by atoms with Crippen molar-refractivity contribution in [2.75, 3.05) is 18.0 Å². The van der Waals surface area contributed by atoms with Gasteiger partial charge in [-0.15, -0.1) is 0 Å². The summed E-state index contributed by atoms with van der Waals surface area (Å²) >= 11 is 0. The molecule has 0 saturated carbocycles. The number of para-hydroxylation sites is 1. The Kier molecular flexibility index (Phi) is 9.94. The van der Waals surface area contributed by atoms with E-state index in [4.69, 9.17) is 4.74 Å². The molecule has 7 heteroatoms. The Labute approximate surface area is 215 Å². The van der Waals surface area contributed by atoms with Gasteiger partial charge in [-0.05, 0) is 54.3 Å². The summed E-state index contributed by atoms with van der Waals surface area (Å²) in [6.07, 6.45) is 4.27. The number of nitrogens with zero attached hydrogens (tertiary/aromatic N) is 1. The minimum atomic E-state index is -3.98. The Balaban J connectivity index is 1.98. The molecule has 0 radical (unpaired) electrons. The van der Waals surface area contributed by atoms with E-state index >= 15 is 0 Å². The number of unbranched alkanes of at least 4 members (excludes halogenated alkanes) is 1. The van der Waals surface area contributed by atoms with Gasteiger partial charge in [-0.2, -0.15) is 0 Å². The van der Waals surface area contributed by atoms with Crippen molar-refractivity contribution in [2.24, 2.45) is 5.92 Å². The minimum Gasteiger partial charge on any atom is -0.497 e. The number of hydrogen-bond donors (Lipinski definition) is 1. The number of nitrogens with one attached hydrogen (secondary N) is 1. The van der Waals surface area contributed by atoms with Crippen LogP contribution < -0.4 is 14.4 Å². The lowest BCUT2D eigenvalue weighted by molar-refractivity contribution is 0.0946. The number of methoxy groups -OCH3 is 1. The average Bonchev–Trinajstić information content (AvgIpc) is 2.92. The zero-order valence-electron chi connectivity index (χ0n) is 21.3. The molecule has 0 spiro atoms. The fraction of sp³-hybridized carbons (Fsp3) is 0.345. The number of ether oxygens (including phenoxy) is 1. The number of sulfonamides is 1. The van der Waals surface area contributed by atoms with Gasteiger partial charge in [0.05, 0.1) is 29.8 Å². The SMILES string of the molecule is CCCC[C@@H](CC)CNC(=O)c1ccccc1N(Cc1ccccc1)S(=O)(=O)c1ccc(OC)cc1. The first-order valence-electron chi connectivity index (χ1n) is 12.5. The molecular formula is C29H36N2O4S. The van der Waals surface area contributed by atoms with E-state index < -0.39 is 10.0 Å². The van der Waals surface area contributed by atoms with Gasteiger partial charge in [0.15, 0.2) is 0 Å². The summed E-state index contributed by atoms with van der Waals surface area (Å²) in [5, 5.41) is 3.05. The second-order valence-electron chi connectivity index (χ2n) is 8.82. The highest BCUT2D eigenvalue weighted by atomic mass is 32.2. The summed E-state index contributed by atoms with van der Waals surface area (Å²) in [6.45, 7) is 4.94. The summed E-state index contributed by atoms with van der Waals surface area (Å²) in [4.78, 5) is 13.4. The van der Waals surface area contributed by atoms with Crippen molar-refractivity contribution in [3.8, 4) is 5.75 Å². The van der Waals surface area contributed by atoms with E-state index in [0.717, 1.165) is 31.2 Å². The quantitative estimate of drug-likeness (QED) is 0.306. The third kappa shape index (κ3) is 6.88. The smallest absolute Gasteiger partial charge is 0.264 e. The van der Waals surface area contributed by atoms with Crippen molar-refractivity contribution >= 4 is 21.6 Å². The number of benzene rings is 3. The second-order valence-corrected chi connectivity index (χ2v) is 10.7. The van der Waals surface area contributed by atoms with Crippen LogP contribution in [0.4, 0.5) is 5.69 Å². The van der Waals surface area contributed by atoms with Crippen molar-refractivity contribution < 1.29 is 17.9 Å². The van der Waals surface area contributed by atoms with E-state index in [-0.39, 0.29) is 17.3 Å². The molecule has 6 nitrogen and oxygen atoms in total. The first-order valence-corrected chi connectivity index (χ1v) is 13.9. The van der Waals surface area contributed by atoms with Crippen molar-refractivity contribution in [1.82, 2.24) is 5.32 Å². The van der Waals surface area contributed by atoms with Crippen LogP contribution >= 0.6 is 0 Å².